The number of furan rings is 1. The molecule has 0 fully saturated rings. The van der Waals surface area contributed by atoms with Crippen LogP contribution < -0.4 is 5.43 Å². The minimum atomic E-state index is -3.61. The molecule has 19 heavy (non-hydrogen) atoms. The van der Waals surface area contributed by atoms with E-state index in [1.54, 1.807) is 30.3 Å². The Labute approximate surface area is 109 Å². The lowest BCUT2D eigenvalue weighted by atomic mass is 10.2. The van der Waals surface area contributed by atoms with E-state index in [1.807, 2.05) is 0 Å². The zero-order chi connectivity index (χ0) is 13.3. The van der Waals surface area contributed by atoms with Crippen LogP contribution in [-0.2, 0) is 10.0 Å². The molecule has 0 bridgehead atoms. The van der Waals surface area contributed by atoms with Gasteiger partial charge in [-0.05, 0) is 24.3 Å². The molecule has 0 spiro atoms. The Balaban J connectivity index is 1.87. The average molecular weight is 275 g/mol. The third-order valence-electron chi connectivity index (χ3n) is 2.54. The van der Waals surface area contributed by atoms with E-state index >= 15 is 0 Å². The SMILES string of the molecule is O=S1(=O)N=C(N/N=C\c2ccco2)c2ccccc21. The molecule has 1 aliphatic heterocycles. The molecular formula is C12H9N3O3S. The lowest BCUT2D eigenvalue weighted by Crippen LogP contribution is -2.17. The van der Waals surface area contributed by atoms with E-state index in [2.05, 4.69) is 14.9 Å². The second kappa shape index (κ2) is 4.36. The largest absolute Gasteiger partial charge is 0.463 e. The van der Waals surface area contributed by atoms with Crippen LogP contribution in [-0.4, -0.2) is 20.5 Å². The van der Waals surface area contributed by atoms with Gasteiger partial charge in [0, 0.05) is 5.56 Å². The van der Waals surface area contributed by atoms with Crippen LogP contribution in [0.25, 0.3) is 0 Å². The predicted octanol–water partition coefficient (Wildman–Crippen LogP) is 1.35. The van der Waals surface area contributed by atoms with E-state index in [-0.39, 0.29) is 10.7 Å². The summed E-state index contributed by atoms with van der Waals surface area (Å²) < 4.78 is 32.2. The Morgan fingerprint density at radius 2 is 2.05 bits per heavy atom. The van der Waals surface area contributed by atoms with Gasteiger partial charge in [-0.25, -0.2) is 0 Å². The number of hydrogen-bond acceptors (Lipinski definition) is 5. The summed E-state index contributed by atoms with van der Waals surface area (Å²) in [4.78, 5) is 0.186. The first-order valence-corrected chi connectivity index (χ1v) is 6.88. The standard InChI is InChI=1S/C12H9N3O3S/c16-19(17)11-6-2-1-5-10(11)12(15-19)14-13-8-9-4-3-7-18-9/h1-8H,(H,14,15)/b13-8-. The molecule has 0 atom stereocenters. The zero-order valence-corrected chi connectivity index (χ0v) is 10.5. The number of rotatable bonds is 2. The summed E-state index contributed by atoms with van der Waals surface area (Å²) in [5, 5.41) is 3.90. The fraction of sp³-hybridized carbons (Fsp3) is 0. The number of hydrazone groups is 1. The molecule has 2 aromatic rings. The molecule has 96 valence electrons. The maximum absolute atomic E-state index is 11.8. The Morgan fingerprint density at radius 3 is 2.84 bits per heavy atom. The van der Waals surface area contributed by atoms with E-state index < -0.39 is 10.0 Å². The molecule has 1 aliphatic rings. The summed E-state index contributed by atoms with van der Waals surface area (Å²) >= 11 is 0. The van der Waals surface area contributed by atoms with E-state index in [1.165, 1.54) is 18.5 Å². The zero-order valence-electron chi connectivity index (χ0n) is 9.65. The molecular weight excluding hydrogens is 266 g/mol. The number of amidine groups is 1. The van der Waals surface area contributed by atoms with Gasteiger partial charge in [0.15, 0.2) is 5.84 Å². The summed E-state index contributed by atoms with van der Waals surface area (Å²) in [7, 11) is -3.61. The Bertz CT molecular complexity index is 761. The molecule has 1 aromatic carbocycles. The Kier molecular flexibility index (Phi) is 2.68. The second-order valence-electron chi connectivity index (χ2n) is 3.80. The van der Waals surface area contributed by atoms with Gasteiger partial charge in [0.05, 0.1) is 12.5 Å². The highest BCUT2D eigenvalue weighted by molar-refractivity contribution is 7.90. The highest BCUT2D eigenvalue weighted by Gasteiger charge is 2.28. The van der Waals surface area contributed by atoms with Crippen LogP contribution >= 0.6 is 0 Å². The average Bonchev–Trinajstić information content (AvgIpc) is 2.98. The Hall–Kier alpha value is -2.41. The second-order valence-corrected chi connectivity index (χ2v) is 5.37. The normalized spacial score (nSPS) is 16.3. The summed E-state index contributed by atoms with van der Waals surface area (Å²) in [6.07, 6.45) is 2.96. The summed E-state index contributed by atoms with van der Waals surface area (Å²) in [6, 6.07) is 10.0. The van der Waals surface area contributed by atoms with Gasteiger partial charge < -0.3 is 4.42 Å². The lowest BCUT2D eigenvalue weighted by Gasteiger charge is -1.99. The topological polar surface area (TPSA) is 84.0 Å². The van der Waals surface area contributed by atoms with Crippen LogP contribution in [0.3, 0.4) is 0 Å². The number of nitrogens with one attached hydrogen (secondary N) is 1. The van der Waals surface area contributed by atoms with Crippen molar-refractivity contribution >= 4 is 22.1 Å². The van der Waals surface area contributed by atoms with E-state index in [4.69, 9.17) is 4.42 Å². The van der Waals surface area contributed by atoms with Gasteiger partial charge in [-0.3, -0.25) is 5.43 Å². The van der Waals surface area contributed by atoms with Crippen LogP contribution in [0, 0.1) is 0 Å². The maximum Gasteiger partial charge on any atom is 0.285 e. The summed E-state index contributed by atoms with van der Waals surface area (Å²) in [6.45, 7) is 0. The summed E-state index contributed by atoms with van der Waals surface area (Å²) in [5.74, 6) is 0.764. The minimum absolute atomic E-state index is 0.186. The smallest absolute Gasteiger partial charge is 0.285 e. The van der Waals surface area contributed by atoms with Gasteiger partial charge in [-0.2, -0.15) is 13.5 Å². The molecule has 0 radical (unpaired) electrons. The van der Waals surface area contributed by atoms with Crippen LogP contribution in [0.5, 0.6) is 0 Å². The fourth-order valence-corrected chi connectivity index (χ4v) is 2.88. The predicted molar refractivity (Wildman–Crippen MR) is 69.6 cm³/mol. The van der Waals surface area contributed by atoms with E-state index in [0.717, 1.165) is 0 Å². The van der Waals surface area contributed by atoms with Crippen molar-refractivity contribution in [3.8, 4) is 0 Å². The van der Waals surface area contributed by atoms with Gasteiger partial charge in [0.2, 0.25) is 0 Å². The van der Waals surface area contributed by atoms with Crippen molar-refractivity contribution in [1.82, 2.24) is 5.43 Å². The molecule has 2 heterocycles. The molecule has 7 heteroatoms. The Morgan fingerprint density at radius 1 is 1.21 bits per heavy atom. The first-order valence-electron chi connectivity index (χ1n) is 5.44. The van der Waals surface area contributed by atoms with Crippen molar-refractivity contribution in [2.75, 3.05) is 0 Å². The van der Waals surface area contributed by atoms with Gasteiger partial charge in [-0.15, -0.1) is 4.40 Å². The first kappa shape index (κ1) is 11.7. The molecule has 1 aromatic heterocycles. The number of sulfonamides is 1. The quantitative estimate of drug-likeness (QED) is 0.662. The van der Waals surface area contributed by atoms with Crippen molar-refractivity contribution in [3.05, 3.63) is 54.0 Å². The van der Waals surface area contributed by atoms with Gasteiger partial charge in [-0.1, -0.05) is 12.1 Å². The summed E-state index contributed by atoms with van der Waals surface area (Å²) in [5.41, 5.74) is 3.13. The van der Waals surface area contributed by atoms with E-state index in [9.17, 15) is 8.42 Å². The number of hydrogen-bond donors (Lipinski definition) is 1. The molecule has 1 N–H and O–H groups in total. The minimum Gasteiger partial charge on any atom is -0.463 e. The molecule has 0 amide bonds. The van der Waals surface area contributed by atoms with Crippen LogP contribution in [0.4, 0.5) is 0 Å². The third kappa shape index (κ3) is 2.15. The molecule has 0 aliphatic carbocycles. The number of benzene rings is 1. The highest BCUT2D eigenvalue weighted by Crippen LogP contribution is 2.24. The van der Waals surface area contributed by atoms with Crippen molar-refractivity contribution in [2.45, 2.75) is 4.90 Å². The van der Waals surface area contributed by atoms with Gasteiger partial charge in [0.1, 0.15) is 10.7 Å². The highest BCUT2D eigenvalue weighted by atomic mass is 32.2. The van der Waals surface area contributed by atoms with Crippen LogP contribution in [0.2, 0.25) is 0 Å². The van der Waals surface area contributed by atoms with Crippen LogP contribution in [0.15, 0.2) is 61.5 Å². The molecule has 0 saturated heterocycles. The molecule has 6 nitrogen and oxygen atoms in total. The maximum atomic E-state index is 11.8. The number of fused-ring (bicyclic) bond motifs is 1. The number of nitrogens with zero attached hydrogens (tertiary/aromatic N) is 2. The van der Waals surface area contributed by atoms with Crippen molar-refractivity contribution in [2.24, 2.45) is 9.50 Å². The van der Waals surface area contributed by atoms with Crippen molar-refractivity contribution in [1.29, 1.82) is 0 Å². The van der Waals surface area contributed by atoms with Gasteiger partial charge >= 0.3 is 0 Å². The molecule has 3 rings (SSSR count). The monoisotopic (exact) mass is 275 g/mol. The van der Waals surface area contributed by atoms with Crippen molar-refractivity contribution < 1.29 is 12.8 Å². The molecule has 0 saturated carbocycles. The first-order chi connectivity index (χ1) is 9.17. The fourth-order valence-electron chi connectivity index (χ4n) is 1.71. The van der Waals surface area contributed by atoms with Crippen molar-refractivity contribution in [3.63, 3.8) is 0 Å². The van der Waals surface area contributed by atoms with E-state index in [0.29, 0.717) is 11.3 Å². The molecule has 0 unspecified atom stereocenters. The third-order valence-corrected chi connectivity index (χ3v) is 3.87. The lowest BCUT2D eigenvalue weighted by molar-refractivity contribution is 0.560. The van der Waals surface area contributed by atoms with Gasteiger partial charge in [0.25, 0.3) is 10.0 Å². The van der Waals surface area contributed by atoms with Crippen LogP contribution in [0.1, 0.15) is 11.3 Å².